The summed E-state index contributed by atoms with van der Waals surface area (Å²) >= 11 is 6.41. The maximum Gasteiger partial charge on any atom is 0.407 e. The smallest absolute Gasteiger partial charge is 0.407 e. The molecule has 1 amide bonds. The fourth-order valence-corrected chi connectivity index (χ4v) is 6.59. The number of carbonyl (C=O) groups excluding carboxylic acids is 2. The second kappa shape index (κ2) is 13.0. The van der Waals surface area contributed by atoms with Gasteiger partial charge in [0, 0.05) is 47.2 Å². The molecule has 1 fully saturated rings. The topological polar surface area (TPSA) is 93.6 Å². The summed E-state index contributed by atoms with van der Waals surface area (Å²) in [4.78, 5) is 36.7. The highest BCUT2D eigenvalue weighted by Gasteiger charge is 2.40. The third-order valence-electron chi connectivity index (χ3n) is 8.52. The number of rotatable bonds is 7. The Balaban J connectivity index is 1.30. The number of esters is 1. The first-order chi connectivity index (χ1) is 20.6. The third-order valence-corrected chi connectivity index (χ3v) is 8.75. The van der Waals surface area contributed by atoms with Gasteiger partial charge in [-0.05, 0) is 89.6 Å². The summed E-state index contributed by atoms with van der Waals surface area (Å²) in [5, 5.41) is 3.75. The standard InChI is InChI=1S/C34H41ClN4O4/c1-5-42-31(40)24-9-6-8-23(18-24)30-28-14-17-39(20-29(28)37-22-38-30)27-12-15-34(16-13-27,25-10-7-11-26(35)19-25)21-36-32(41)43-33(2,3)4/h6-11,18-19,22,27H,5,12-17,20-21H2,1-4H3,(H,36,41). The van der Waals surface area contributed by atoms with Crippen LogP contribution in [-0.4, -0.2) is 58.3 Å². The van der Waals surface area contributed by atoms with Crippen LogP contribution in [-0.2, 0) is 27.9 Å². The van der Waals surface area contributed by atoms with E-state index < -0.39 is 11.7 Å². The molecule has 228 valence electrons. The van der Waals surface area contributed by atoms with Gasteiger partial charge in [-0.15, -0.1) is 0 Å². The van der Waals surface area contributed by atoms with Crippen molar-refractivity contribution in [3.8, 4) is 11.3 Å². The zero-order chi connectivity index (χ0) is 30.6. The first-order valence-electron chi connectivity index (χ1n) is 15.1. The third kappa shape index (κ3) is 7.36. The molecule has 0 radical (unpaired) electrons. The van der Waals surface area contributed by atoms with Crippen LogP contribution in [0.3, 0.4) is 0 Å². The van der Waals surface area contributed by atoms with Crippen LogP contribution in [0.15, 0.2) is 54.9 Å². The van der Waals surface area contributed by atoms with Gasteiger partial charge in [-0.1, -0.05) is 35.9 Å². The van der Waals surface area contributed by atoms with E-state index >= 15 is 0 Å². The molecule has 0 saturated heterocycles. The van der Waals surface area contributed by atoms with Crippen LogP contribution in [0.25, 0.3) is 11.3 Å². The fourth-order valence-electron chi connectivity index (χ4n) is 6.40. The van der Waals surface area contributed by atoms with Gasteiger partial charge in [0.1, 0.15) is 11.9 Å². The summed E-state index contributed by atoms with van der Waals surface area (Å²) in [6, 6.07) is 15.9. The van der Waals surface area contributed by atoms with Crippen molar-refractivity contribution < 1.29 is 19.1 Å². The molecule has 5 rings (SSSR count). The van der Waals surface area contributed by atoms with Gasteiger partial charge < -0.3 is 14.8 Å². The molecule has 3 aromatic rings. The Morgan fingerprint density at radius 1 is 1.09 bits per heavy atom. The molecule has 0 unspecified atom stereocenters. The summed E-state index contributed by atoms with van der Waals surface area (Å²) < 4.78 is 10.7. The predicted molar refractivity (Wildman–Crippen MR) is 167 cm³/mol. The van der Waals surface area contributed by atoms with Gasteiger partial charge in [-0.25, -0.2) is 19.6 Å². The van der Waals surface area contributed by atoms with E-state index in [1.165, 1.54) is 0 Å². The molecule has 1 aliphatic carbocycles. The van der Waals surface area contributed by atoms with E-state index in [0.29, 0.717) is 29.8 Å². The Morgan fingerprint density at radius 3 is 2.58 bits per heavy atom. The van der Waals surface area contributed by atoms with Crippen molar-refractivity contribution in [2.75, 3.05) is 19.7 Å². The van der Waals surface area contributed by atoms with Crippen LogP contribution < -0.4 is 5.32 Å². The maximum atomic E-state index is 12.6. The minimum absolute atomic E-state index is 0.217. The molecule has 0 bridgehead atoms. The first kappa shape index (κ1) is 31.0. The molecule has 9 heteroatoms. The zero-order valence-electron chi connectivity index (χ0n) is 25.5. The molecular weight excluding hydrogens is 564 g/mol. The molecule has 1 aromatic heterocycles. The van der Waals surface area contributed by atoms with E-state index in [1.807, 2.05) is 57.2 Å². The minimum Gasteiger partial charge on any atom is -0.462 e. The van der Waals surface area contributed by atoms with Gasteiger partial charge in [0.25, 0.3) is 0 Å². The van der Waals surface area contributed by atoms with Gasteiger partial charge in [0.15, 0.2) is 0 Å². The van der Waals surface area contributed by atoms with E-state index in [0.717, 1.165) is 73.3 Å². The van der Waals surface area contributed by atoms with Crippen LogP contribution >= 0.6 is 11.6 Å². The van der Waals surface area contributed by atoms with Crippen molar-refractivity contribution in [3.05, 3.63) is 82.3 Å². The Kier molecular flexibility index (Phi) is 9.37. The SMILES string of the molecule is CCOC(=O)c1cccc(-c2ncnc3c2CCN(C2CCC(CNC(=O)OC(C)(C)C)(c4cccc(Cl)c4)CC2)C3)c1. The Morgan fingerprint density at radius 2 is 1.86 bits per heavy atom. The van der Waals surface area contributed by atoms with Gasteiger partial charge in [-0.3, -0.25) is 4.90 Å². The monoisotopic (exact) mass is 604 g/mol. The van der Waals surface area contributed by atoms with E-state index in [4.69, 9.17) is 21.1 Å². The van der Waals surface area contributed by atoms with Crippen molar-refractivity contribution in [3.63, 3.8) is 0 Å². The molecule has 8 nitrogen and oxygen atoms in total. The second-order valence-electron chi connectivity index (χ2n) is 12.5. The Labute approximate surface area is 259 Å². The normalized spacial score (nSPS) is 20.6. The number of benzene rings is 2. The van der Waals surface area contributed by atoms with E-state index in [9.17, 15) is 9.59 Å². The molecule has 2 heterocycles. The van der Waals surface area contributed by atoms with Crippen molar-refractivity contribution in [2.24, 2.45) is 0 Å². The van der Waals surface area contributed by atoms with Crippen molar-refractivity contribution in [1.29, 1.82) is 0 Å². The highest BCUT2D eigenvalue weighted by Crippen LogP contribution is 2.42. The molecule has 2 aromatic carbocycles. The molecule has 0 spiro atoms. The largest absolute Gasteiger partial charge is 0.462 e. The molecule has 2 aliphatic rings. The molecular formula is C34H41ClN4O4. The summed E-state index contributed by atoms with van der Waals surface area (Å²) in [7, 11) is 0. The summed E-state index contributed by atoms with van der Waals surface area (Å²) in [6.45, 7) is 9.92. The summed E-state index contributed by atoms with van der Waals surface area (Å²) in [6.07, 6.45) is 5.91. The Hall–Kier alpha value is -3.49. The highest BCUT2D eigenvalue weighted by atomic mass is 35.5. The number of amides is 1. The second-order valence-corrected chi connectivity index (χ2v) is 13.0. The number of aromatic nitrogens is 2. The zero-order valence-corrected chi connectivity index (χ0v) is 26.2. The number of nitrogens with zero attached hydrogens (tertiary/aromatic N) is 3. The number of halogens is 1. The van der Waals surface area contributed by atoms with Crippen molar-refractivity contribution >= 4 is 23.7 Å². The summed E-state index contributed by atoms with van der Waals surface area (Å²) in [5.74, 6) is -0.328. The Bertz CT molecular complexity index is 1460. The van der Waals surface area contributed by atoms with Crippen LogP contribution in [0.5, 0.6) is 0 Å². The van der Waals surface area contributed by atoms with Crippen LogP contribution in [0.2, 0.25) is 5.02 Å². The van der Waals surface area contributed by atoms with E-state index in [1.54, 1.807) is 19.3 Å². The van der Waals surface area contributed by atoms with Gasteiger partial charge in [-0.2, -0.15) is 0 Å². The van der Waals surface area contributed by atoms with Gasteiger partial charge in [0.05, 0.1) is 23.6 Å². The number of nitrogens with one attached hydrogen (secondary N) is 1. The number of hydrogen-bond donors (Lipinski definition) is 1. The number of hydrogen-bond acceptors (Lipinski definition) is 7. The number of ether oxygens (including phenoxy) is 2. The lowest BCUT2D eigenvalue weighted by atomic mass is 9.67. The minimum atomic E-state index is -0.553. The molecule has 1 N–H and O–H groups in total. The quantitative estimate of drug-likeness (QED) is 0.299. The predicted octanol–water partition coefficient (Wildman–Crippen LogP) is 6.74. The molecule has 1 aliphatic heterocycles. The van der Waals surface area contributed by atoms with Crippen LogP contribution in [0.1, 0.15) is 80.6 Å². The van der Waals surface area contributed by atoms with Gasteiger partial charge in [0.2, 0.25) is 0 Å². The molecule has 0 atom stereocenters. The van der Waals surface area contributed by atoms with Crippen molar-refractivity contribution in [1.82, 2.24) is 20.2 Å². The first-order valence-corrected chi connectivity index (χ1v) is 15.5. The highest BCUT2D eigenvalue weighted by molar-refractivity contribution is 6.30. The lowest BCUT2D eigenvalue weighted by Crippen LogP contribution is -2.49. The number of carbonyl (C=O) groups is 2. The lowest BCUT2D eigenvalue weighted by molar-refractivity contribution is 0.0491. The van der Waals surface area contributed by atoms with Crippen LogP contribution in [0, 0.1) is 0 Å². The molecule has 43 heavy (non-hydrogen) atoms. The van der Waals surface area contributed by atoms with Gasteiger partial charge >= 0.3 is 12.1 Å². The number of alkyl carbamates (subject to hydrolysis) is 1. The number of fused-ring (bicyclic) bond motifs is 1. The average Bonchev–Trinajstić information content (AvgIpc) is 2.99. The lowest BCUT2D eigenvalue weighted by Gasteiger charge is -2.45. The van der Waals surface area contributed by atoms with E-state index in [2.05, 4.69) is 26.3 Å². The van der Waals surface area contributed by atoms with Crippen LogP contribution in [0.4, 0.5) is 4.79 Å². The molecule has 1 saturated carbocycles. The summed E-state index contributed by atoms with van der Waals surface area (Å²) in [5.41, 5.74) is 4.87. The van der Waals surface area contributed by atoms with E-state index in [-0.39, 0.29) is 11.4 Å². The average molecular weight is 605 g/mol. The maximum absolute atomic E-state index is 12.6. The fraction of sp³-hybridized carbons (Fsp3) is 0.471. The van der Waals surface area contributed by atoms with Crippen molar-refractivity contribution in [2.45, 2.75) is 83.4 Å².